The van der Waals surface area contributed by atoms with Crippen molar-refractivity contribution in [1.29, 1.82) is 0 Å². The fourth-order valence-electron chi connectivity index (χ4n) is 7.00. The van der Waals surface area contributed by atoms with E-state index >= 15 is 0 Å². The number of halogens is 1. The number of imidazole rings is 1. The van der Waals surface area contributed by atoms with Gasteiger partial charge in [0.1, 0.15) is 40.6 Å². The van der Waals surface area contributed by atoms with Crippen LogP contribution in [0.25, 0.3) is 11.0 Å². The first kappa shape index (κ1) is 38.6. The number of carbonyl (C=O) groups excluding carboxylic acids is 2. The highest BCUT2D eigenvalue weighted by Crippen LogP contribution is 2.30. The standard InChI is InChI=1S/C40H57ClN4O6/c1-39(2,3)50-37(46)43-22-8-12-29(26-43)14-10-24-45-33-16-7-17-34(36(33)42-35(45)28-49-32-20-18-31(41)19-21-32)48-25-11-15-30-13-9-23-44(27-30)38(47)51-40(4,5)6/h7,16-21,29-30H,8-15,22-28H2,1-6H3/t29-,30+/m1/s1. The van der Waals surface area contributed by atoms with E-state index in [9.17, 15) is 9.59 Å². The molecule has 0 radical (unpaired) electrons. The van der Waals surface area contributed by atoms with Crippen molar-refractivity contribution in [3.05, 3.63) is 53.3 Å². The Bertz CT molecular complexity index is 1600. The number of rotatable bonds is 12. The zero-order valence-corrected chi connectivity index (χ0v) is 32.2. The number of likely N-dealkylation sites (tertiary alicyclic amines) is 2. The van der Waals surface area contributed by atoms with Crippen LogP contribution in [-0.4, -0.2) is 75.5 Å². The fourth-order valence-corrected chi connectivity index (χ4v) is 7.13. The number of benzene rings is 2. The highest BCUT2D eigenvalue weighted by Gasteiger charge is 2.29. The lowest BCUT2D eigenvalue weighted by Gasteiger charge is -2.34. The van der Waals surface area contributed by atoms with Gasteiger partial charge in [-0.25, -0.2) is 14.6 Å². The van der Waals surface area contributed by atoms with Gasteiger partial charge >= 0.3 is 12.2 Å². The third-order valence-corrected chi connectivity index (χ3v) is 9.60. The molecule has 0 bridgehead atoms. The first-order valence-electron chi connectivity index (χ1n) is 18.7. The average molecular weight is 725 g/mol. The predicted octanol–water partition coefficient (Wildman–Crippen LogP) is 9.50. The Morgan fingerprint density at radius 2 is 1.39 bits per heavy atom. The Morgan fingerprint density at radius 3 is 1.98 bits per heavy atom. The van der Waals surface area contributed by atoms with E-state index in [-0.39, 0.29) is 12.2 Å². The summed E-state index contributed by atoms with van der Waals surface area (Å²) in [5.74, 6) is 3.18. The molecule has 0 spiro atoms. The molecule has 0 aliphatic carbocycles. The molecule has 2 aromatic carbocycles. The first-order valence-corrected chi connectivity index (χ1v) is 19.1. The molecule has 0 unspecified atom stereocenters. The molecule has 2 aliphatic rings. The molecule has 280 valence electrons. The minimum Gasteiger partial charge on any atom is -0.491 e. The maximum absolute atomic E-state index is 12.7. The van der Waals surface area contributed by atoms with Crippen molar-refractivity contribution in [3.63, 3.8) is 0 Å². The van der Waals surface area contributed by atoms with Crippen molar-refractivity contribution in [2.75, 3.05) is 32.8 Å². The van der Waals surface area contributed by atoms with E-state index in [2.05, 4.69) is 10.6 Å². The number of hydrogen-bond donors (Lipinski definition) is 0. The van der Waals surface area contributed by atoms with Crippen molar-refractivity contribution in [1.82, 2.24) is 19.4 Å². The van der Waals surface area contributed by atoms with Gasteiger partial charge in [0.25, 0.3) is 0 Å². The minimum absolute atomic E-state index is 0.219. The average Bonchev–Trinajstić information content (AvgIpc) is 3.43. The normalized spacial score (nSPS) is 18.5. The van der Waals surface area contributed by atoms with Crippen molar-refractivity contribution in [2.24, 2.45) is 11.8 Å². The Kier molecular flexibility index (Phi) is 13.0. The molecule has 2 saturated heterocycles. The first-order chi connectivity index (χ1) is 24.2. The Morgan fingerprint density at radius 1 is 0.804 bits per heavy atom. The van der Waals surface area contributed by atoms with Crippen LogP contribution in [0.3, 0.4) is 0 Å². The Balaban J connectivity index is 1.21. The molecule has 2 atom stereocenters. The van der Waals surface area contributed by atoms with Gasteiger partial charge in [-0.1, -0.05) is 17.7 Å². The zero-order valence-electron chi connectivity index (χ0n) is 31.4. The zero-order chi connectivity index (χ0) is 36.6. The molecule has 0 N–H and O–H groups in total. The van der Waals surface area contributed by atoms with Crippen LogP contribution in [-0.2, 0) is 22.6 Å². The van der Waals surface area contributed by atoms with E-state index < -0.39 is 11.2 Å². The summed E-state index contributed by atoms with van der Waals surface area (Å²) in [6.45, 7) is 16.1. The number of nitrogens with zero attached hydrogens (tertiary/aromatic N) is 4. The maximum atomic E-state index is 12.7. The van der Waals surface area contributed by atoms with Crippen LogP contribution in [0.15, 0.2) is 42.5 Å². The van der Waals surface area contributed by atoms with Crippen molar-refractivity contribution in [3.8, 4) is 11.5 Å². The second-order valence-electron chi connectivity index (χ2n) is 16.0. The summed E-state index contributed by atoms with van der Waals surface area (Å²) < 4.78 is 26.1. The van der Waals surface area contributed by atoms with E-state index in [1.54, 1.807) is 0 Å². The summed E-state index contributed by atoms with van der Waals surface area (Å²) in [4.78, 5) is 34.2. The molecule has 11 heteroatoms. The monoisotopic (exact) mass is 724 g/mol. The third kappa shape index (κ3) is 11.7. The molecule has 1 aromatic heterocycles. The largest absolute Gasteiger partial charge is 0.491 e. The van der Waals surface area contributed by atoms with E-state index in [4.69, 9.17) is 35.5 Å². The van der Waals surface area contributed by atoms with Gasteiger partial charge in [-0.05, 0) is 141 Å². The van der Waals surface area contributed by atoms with Gasteiger partial charge in [0, 0.05) is 37.7 Å². The predicted molar refractivity (Wildman–Crippen MR) is 201 cm³/mol. The smallest absolute Gasteiger partial charge is 0.410 e. The summed E-state index contributed by atoms with van der Waals surface area (Å²) in [7, 11) is 0. The van der Waals surface area contributed by atoms with Crippen LogP contribution in [0.2, 0.25) is 5.02 Å². The molecule has 5 rings (SSSR count). The number of piperidine rings is 2. The maximum Gasteiger partial charge on any atom is 0.410 e. The SMILES string of the molecule is CC(C)(C)OC(=O)N1CCC[C@@H](CCCOc2cccc3c2nc(COc2ccc(Cl)cc2)n3CCC[C@H]2CCCN(C(=O)OC(C)(C)C)C2)C1. The summed E-state index contributed by atoms with van der Waals surface area (Å²) in [5, 5.41) is 0.660. The van der Waals surface area contributed by atoms with Crippen molar-refractivity contribution < 1.29 is 28.5 Å². The topological polar surface area (TPSA) is 95.4 Å². The van der Waals surface area contributed by atoms with Crippen LogP contribution < -0.4 is 9.47 Å². The van der Waals surface area contributed by atoms with E-state index in [1.165, 1.54) is 0 Å². The molecular formula is C40H57ClN4O6. The van der Waals surface area contributed by atoms with Gasteiger partial charge < -0.3 is 33.3 Å². The van der Waals surface area contributed by atoms with Crippen LogP contribution >= 0.6 is 11.6 Å². The van der Waals surface area contributed by atoms with E-state index in [0.717, 1.165) is 112 Å². The number of amides is 2. The fraction of sp³-hybridized carbons (Fsp3) is 0.625. The summed E-state index contributed by atoms with van der Waals surface area (Å²) >= 11 is 6.10. The van der Waals surface area contributed by atoms with E-state index in [1.807, 2.05) is 87.7 Å². The summed E-state index contributed by atoms with van der Waals surface area (Å²) in [6.07, 6.45) is 7.57. The van der Waals surface area contributed by atoms with Gasteiger partial charge in [-0.15, -0.1) is 0 Å². The van der Waals surface area contributed by atoms with Gasteiger partial charge in [-0.3, -0.25) is 0 Å². The van der Waals surface area contributed by atoms with Gasteiger partial charge in [0.15, 0.2) is 0 Å². The molecule has 2 amide bonds. The molecule has 2 aliphatic heterocycles. The number of fused-ring (bicyclic) bond motifs is 1. The van der Waals surface area contributed by atoms with Crippen LogP contribution in [0.1, 0.15) is 98.7 Å². The van der Waals surface area contributed by atoms with Crippen LogP contribution in [0.4, 0.5) is 9.59 Å². The Hall–Kier alpha value is -3.66. The van der Waals surface area contributed by atoms with Gasteiger partial charge in [0.2, 0.25) is 0 Å². The minimum atomic E-state index is -0.500. The summed E-state index contributed by atoms with van der Waals surface area (Å²) in [6, 6.07) is 13.5. The molecule has 2 fully saturated rings. The lowest BCUT2D eigenvalue weighted by molar-refractivity contribution is 0.0150. The number of carbonyl (C=O) groups is 2. The third-order valence-electron chi connectivity index (χ3n) is 9.35. The van der Waals surface area contributed by atoms with Crippen LogP contribution in [0.5, 0.6) is 11.5 Å². The van der Waals surface area contributed by atoms with Crippen molar-refractivity contribution >= 4 is 34.8 Å². The summed E-state index contributed by atoms with van der Waals surface area (Å²) in [5.41, 5.74) is 0.852. The molecule has 3 heterocycles. The number of hydrogen-bond acceptors (Lipinski definition) is 7. The van der Waals surface area contributed by atoms with Gasteiger partial charge in [0.05, 0.1) is 12.1 Å². The highest BCUT2D eigenvalue weighted by atomic mass is 35.5. The number of para-hydroxylation sites is 1. The number of ether oxygens (including phenoxy) is 4. The van der Waals surface area contributed by atoms with Crippen molar-refractivity contribution in [2.45, 2.75) is 117 Å². The second kappa shape index (κ2) is 17.2. The molecule has 0 saturated carbocycles. The lowest BCUT2D eigenvalue weighted by Crippen LogP contribution is -2.42. The molecule has 51 heavy (non-hydrogen) atoms. The molecular weight excluding hydrogens is 668 g/mol. The van der Waals surface area contributed by atoms with Crippen LogP contribution in [0, 0.1) is 11.8 Å². The number of aryl methyl sites for hydroxylation is 1. The Labute approximate surface area is 308 Å². The van der Waals surface area contributed by atoms with E-state index in [0.29, 0.717) is 30.1 Å². The lowest BCUT2D eigenvalue weighted by atomic mass is 9.93. The second-order valence-corrected chi connectivity index (χ2v) is 16.5. The highest BCUT2D eigenvalue weighted by molar-refractivity contribution is 6.30. The molecule has 10 nitrogen and oxygen atoms in total. The molecule has 3 aromatic rings. The van der Waals surface area contributed by atoms with Gasteiger partial charge in [-0.2, -0.15) is 0 Å². The number of aromatic nitrogens is 2. The quantitative estimate of drug-likeness (QED) is 0.172.